The third-order valence-electron chi connectivity index (χ3n) is 3.36. The van der Waals surface area contributed by atoms with Crippen molar-refractivity contribution in [2.75, 3.05) is 11.9 Å². The molecule has 0 saturated carbocycles. The van der Waals surface area contributed by atoms with Crippen LogP contribution in [0.25, 0.3) is 0 Å². The molecule has 0 fully saturated rings. The first-order valence-electron chi connectivity index (χ1n) is 6.55. The molecule has 2 N–H and O–H groups in total. The maximum atomic E-state index is 13.1. The van der Waals surface area contributed by atoms with Crippen LogP contribution in [-0.2, 0) is 0 Å². The monoisotopic (exact) mass is 304 g/mol. The number of aliphatic hydroxyl groups excluding tert-OH is 1. The van der Waals surface area contributed by atoms with E-state index in [1.165, 1.54) is 6.07 Å². The number of aromatic nitrogens is 2. The number of anilines is 1. The first-order chi connectivity index (χ1) is 10.4. The highest BCUT2D eigenvalue weighted by atomic mass is 19.2. The molecule has 1 heterocycles. The van der Waals surface area contributed by atoms with Gasteiger partial charge in [0.2, 0.25) is 0 Å². The standard InChI is InChI=1S/C15H14F2N4O/c1-8-9(2)20-21-15(11(8)6-18)19-7-14(22)10-3-4-12(16)13(17)5-10/h3-5,14,22H,7H2,1-2H3,(H,19,21)/t14-/m0/s1. The number of aliphatic hydroxyl groups is 1. The minimum absolute atomic E-state index is 0.0169. The molecule has 1 aromatic carbocycles. The van der Waals surface area contributed by atoms with Crippen LogP contribution in [-0.4, -0.2) is 21.8 Å². The van der Waals surface area contributed by atoms with Gasteiger partial charge in [0.15, 0.2) is 17.5 Å². The Morgan fingerprint density at radius 3 is 2.64 bits per heavy atom. The summed E-state index contributed by atoms with van der Waals surface area (Å²) >= 11 is 0. The van der Waals surface area contributed by atoms with Crippen molar-refractivity contribution >= 4 is 5.82 Å². The molecule has 1 atom stereocenters. The Balaban J connectivity index is 2.15. The lowest BCUT2D eigenvalue weighted by molar-refractivity contribution is 0.191. The summed E-state index contributed by atoms with van der Waals surface area (Å²) in [5.74, 6) is -1.76. The lowest BCUT2D eigenvalue weighted by Gasteiger charge is -2.14. The average molecular weight is 304 g/mol. The van der Waals surface area contributed by atoms with Crippen LogP contribution in [0.2, 0.25) is 0 Å². The summed E-state index contributed by atoms with van der Waals surface area (Å²) in [4.78, 5) is 0. The van der Waals surface area contributed by atoms with Gasteiger partial charge in [-0.2, -0.15) is 10.4 Å². The zero-order valence-corrected chi connectivity index (χ0v) is 12.1. The number of aryl methyl sites for hydroxylation is 1. The molecule has 0 aliphatic carbocycles. The number of nitrogens with zero attached hydrogens (tertiary/aromatic N) is 3. The van der Waals surface area contributed by atoms with E-state index < -0.39 is 17.7 Å². The molecular weight excluding hydrogens is 290 g/mol. The summed E-state index contributed by atoms with van der Waals surface area (Å²) < 4.78 is 26.0. The van der Waals surface area contributed by atoms with Crippen molar-refractivity contribution in [3.05, 3.63) is 52.2 Å². The Bertz CT molecular complexity index is 743. The van der Waals surface area contributed by atoms with Crippen LogP contribution in [0.3, 0.4) is 0 Å². The maximum absolute atomic E-state index is 13.1. The van der Waals surface area contributed by atoms with E-state index in [4.69, 9.17) is 5.26 Å². The largest absolute Gasteiger partial charge is 0.387 e. The lowest BCUT2D eigenvalue weighted by atomic mass is 10.1. The number of nitrogens with one attached hydrogen (secondary N) is 1. The molecule has 0 radical (unpaired) electrons. The first-order valence-corrected chi connectivity index (χ1v) is 6.55. The molecule has 5 nitrogen and oxygen atoms in total. The van der Waals surface area contributed by atoms with Gasteiger partial charge in [0.1, 0.15) is 11.6 Å². The van der Waals surface area contributed by atoms with Crippen LogP contribution in [0.15, 0.2) is 18.2 Å². The Hall–Kier alpha value is -2.59. The Kier molecular flexibility index (Phi) is 4.63. The van der Waals surface area contributed by atoms with Crippen LogP contribution in [0.5, 0.6) is 0 Å². The fraction of sp³-hybridized carbons (Fsp3) is 0.267. The molecule has 22 heavy (non-hydrogen) atoms. The van der Waals surface area contributed by atoms with Gasteiger partial charge < -0.3 is 10.4 Å². The number of hydrogen-bond acceptors (Lipinski definition) is 5. The number of benzene rings is 1. The van der Waals surface area contributed by atoms with Gasteiger partial charge in [-0.1, -0.05) is 6.07 Å². The van der Waals surface area contributed by atoms with Gasteiger partial charge in [-0.15, -0.1) is 5.10 Å². The fourth-order valence-electron chi connectivity index (χ4n) is 1.90. The quantitative estimate of drug-likeness (QED) is 0.906. The molecule has 0 bridgehead atoms. The Morgan fingerprint density at radius 1 is 1.27 bits per heavy atom. The summed E-state index contributed by atoms with van der Waals surface area (Å²) in [5, 5.41) is 29.8. The molecule has 0 unspecified atom stereocenters. The highest BCUT2D eigenvalue weighted by molar-refractivity contribution is 5.55. The van der Waals surface area contributed by atoms with E-state index in [1.807, 2.05) is 6.07 Å². The van der Waals surface area contributed by atoms with Gasteiger partial charge in [0.05, 0.1) is 11.8 Å². The first kappa shape index (κ1) is 15.8. The van der Waals surface area contributed by atoms with Crippen LogP contribution in [0.1, 0.15) is 28.5 Å². The topological polar surface area (TPSA) is 81.8 Å². The third-order valence-corrected chi connectivity index (χ3v) is 3.36. The molecule has 0 saturated heterocycles. The minimum atomic E-state index is -1.08. The minimum Gasteiger partial charge on any atom is -0.387 e. The van der Waals surface area contributed by atoms with Crippen LogP contribution in [0.4, 0.5) is 14.6 Å². The second-order valence-electron chi connectivity index (χ2n) is 4.82. The molecule has 2 aromatic rings. The Labute approximate surface area is 126 Å². The van der Waals surface area contributed by atoms with Gasteiger partial charge in [-0.25, -0.2) is 8.78 Å². The van der Waals surface area contributed by atoms with E-state index in [9.17, 15) is 13.9 Å². The molecular formula is C15H14F2N4O. The van der Waals surface area contributed by atoms with Crippen molar-refractivity contribution in [1.29, 1.82) is 5.26 Å². The van der Waals surface area contributed by atoms with Crippen molar-refractivity contribution in [2.45, 2.75) is 20.0 Å². The summed E-state index contributed by atoms with van der Waals surface area (Å²) in [6.07, 6.45) is -1.08. The van der Waals surface area contributed by atoms with Crippen molar-refractivity contribution in [3.8, 4) is 6.07 Å². The zero-order chi connectivity index (χ0) is 16.3. The highest BCUT2D eigenvalue weighted by Crippen LogP contribution is 2.20. The molecule has 1 aromatic heterocycles. The SMILES string of the molecule is Cc1nnc(NC[C@H](O)c2ccc(F)c(F)c2)c(C#N)c1C. The summed E-state index contributed by atoms with van der Waals surface area (Å²) in [7, 11) is 0. The van der Waals surface area contributed by atoms with E-state index in [0.29, 0.717) is 16.8 Å². The van der Waals surface area contributed by atoms with Crippen molar-refractivity contribution < 1.29 is 13.9 Å². The number of rotatable bonds is 4. The normalized spacial score (nSPS) is 11.8. The maximum Gasteiger partial charge on any atom is 0.167 e. The molecule has 2 rings (SSSR count). The zero-order valence-electron chi connectivity index (χ0n) is 12.1. The van der Waals surface area contributed by atoms with Crippen molar-refractivity contribution in [1.82, 2.24) is 10.2 Å². The summed E-state index contributed by atoms with van der Waals surface area (Å²) in [6.45, 7) is 3.47. The smallest absolute Gasteiger partial charge is 0.167 e. The van der Waals surface area contributed by atoms with Gasteiger partial charge in [-0.05, 0) is 37.1 Å². The molecule has 114 valence electrons. The van der Waals surface area contributed by atoms with E-state index in [2.05, 4.69) is 15.5 Å². The summed E-state index contributed by atoms with van der Waals surface area (Å²) in [6, 6.07) is 5.20. The number of nitriles is 1. The van der Waals surface area contributed by atoms with Gasteiger partial charge in [0, 0.05) is 6.54 Å². The predicted molar refractivity (Wildman–Crippen MR) is 76.0 cm³/mol. The lowest BCUT2D eigenvalue weighted by Crippen LogP contribution is -2.15. The van der Waals surface area contributed by atoms with Crippen molar-refractivity contribution in [3.63, 3.8) is 0 Å². The second-order valence-corrected chi connectivity index (χ2v) is 4.82. The molecule has 7 heteroatoms. The Morgan fingerprint density at radius 2 is 2.00 bits per heavy atom. The van der Waals surface area contributed by atoms with E-state index in [0.717, 1.165) is 12.1 Å². The van der Waals surface area contributed by atoms with E-state index in [1.54, 1.807) is 13.8 Å². The fourth-order valence-corrected chi connectivity index (χ4v) is 1.90. The molecule has 0 aliphatic heterocycles. The number of halogens is 2. The van der Waals surface area contributed by atoms with Crippen LogP contribution >= 0.6 is 0 Å². The van der Waals surface area contributed by atoms with Crippen LogP contribution in [0, 0.1) is 36.8 Å². The highest BCUT2D eigenvalue weighted by Gasteiger charge is 2.14. The molecule has 0 spiro atoms. The second kappa shape index (κ2) is 6.45. The van der Waals surface area contributed by atoms with Crippen LogP contribution < -0.4 is 5.32 Å². The van der Waals surface area contributed by atoms with E-state index >= 15 is 0 Å². The third kappa shape index (κ3) is 3.18. The van der Waals surface area contributed by atoms with Gasteiger partial charge in [0.25, 0.3) is 0 Å². The van der Waals surface area contributed by atoms with Gasteiger partial charge in [-0.3, -0.25) is 0 Å². The van der Waals surface area contributed by atoms with Crippen molar-refractivity contribution in [2.24, 2.45) is 0 Å². The predicted octanol–water partition coefficient (Wildman–Crippen LogP) is 2.39. The van der Waals surface area contributed by atoms with Gasteiger partial charge >= 0.3 is 0 Å². The van der Waals surface area contributed by atoms with E-state index in [-0.39, 0.29) is 17.9 Å². The number of hydrogen-bond donors (Lipinski definition) is 2. The summed E-state index contributed by atoms with van der Waals surface area (Å²) in [5.41, 5.74) is 1.90. The molecule has 0 aliphatic rings. The average Bonchev–Trinajstić information content (AvgIpc) is 2.50. The molecule has 0 amide bonds.